The van der Waals surface area contributed by atoms with Gasteiger partial charge in [-0.3, -0.25) is 4.79 Å². The average molecular weight is 278 g/mol. The molecule has 0 saturated carbocycles. The molecular weight excluding hydrogens is 267 g/mol. The van der Waals surface area contributed by atoms with Crippen LogP contribution in [-0.2, 0) is 0 Å². The molecule has 1 aromatic carbocycles. The molecule has 0 bridgehead atoms. The van der Waals surface area contributed by atoms with Gasteiger partial charge in [0.15, 0.2) is 0 Å². The lowest BCUT2D eigenvalue weighted by molar-refractivity contribution is 0.0693. The predicted molar refractivity (Wildman–Crippen MR) is 69.9 cm³/mol. The van der Waals surface area contributed by atoms with Crippen molar-refractivity contribution >= 4 is 22.6 Å². The highest BCUT2D eigenvalue weighted by Crippen LogP contribution is 2.25. The Kier molecular flexibility index (Phi) is 2.72. The molecular formula is C13H11FN2O4. The van der Waals surface area contributed by atoms with Crippen LogP contribution in [0.3, 0.4) is 0 Å². The first-order chi connectivity index (χ1) is 9.47. The van der Waals surface area contributed by atoms with E-state index in [2.05, 4.69) is 0 Å². The number of hydrogen-bond acceptors (Lipinski definition) is 4. The molecule has 1 aliphatic rings. The standard InChI is InChI=1S/C13H11FN2O4/c14-16-6-10(13(19)20)12(18)9-2-1-7(3-11(9)16)15-4-8(17)5-15/h1-3,6,8,17H,4-5H2,(H,19,20). The largest absolute Gasteiger partial charge is 0.477 e. The smallest absolute Gasteiger partial charge is 0.341 e. The zero-order valence-electron chi connectivity index (χ0n) is 10.3. The average Bonchev–Trinajstić information content (AvgIpc) is 2.38. The molecule has 1 aromatic heterocycles. The lowest BCUT2D eigenvalue weighted by atomic mass is 10.1. The van der Waals surface area contributed by atoms with Crippen molar-refractivity contribution in [3.05, 3.63) is 40.2 Å². The molecule has 0 unspecified atom stereocenters. The number of carboxylic acids is 1. The number of rotatable bonds is 2. The number of halogens is 1. The summed E-state index contributed by atoms with van der Waals surface area (Å²) in [4.78, 5) is 24.8. The van der Waals surface area contributed by atoms with Crippen molar-refractivity contribution in [2.75, 3.05) is 18.0 Å². The molecule has 2 heterocycles. The van der Waals surface area contributed by atoms with E-state index in [1.165, 1.54) is 12.1 Å². The van der Waals surface area contributed by atoms with E-state index in [0.717, 1.165) is 0 Å². The number of aromatic nitrogens is 1. The second-order valence-corrected chi connectivity index (χ2v) is 4.75. The van der Waals surface area contributed by atoms with Crippen LogP contribution >= 0.6 is 0 Å². The molecule has 2 aromatic rings. The van der Waals surface area contributed by atoms with Crippen LogP contribution in [0.25, 0.3) is 10.9 Å². The Hall–Kier alpha value is -2.41. The van der Waals surface area contributed by atoms with E-state index in [1.807, 2.05) is 4.90 Å². The zero-order valence-corrected chi connectivity index (χ0v) is 10.3. The third-order valence-electron chi connectivity index (χ3n) is 3.40. The molecule has 1 fully saturated rings. The monoisotopic (exact) mass is 278 g/mol. The van der Waals surface area contributed by atoms with Gasteiger partial charge in [0.2, 0.25) is 5.43 Å². The minimum absolute atomic E-state index is 0.0113. The summed E-state index contributed by atoms with van der Waals surface area (Å²) >= 11 is 0. The van der Waals surface area contributed by atoms with Crippen LogP contribution in [0.4, 0.5) is 10.2 Å². The molecule has 3 rings (SSSR count). The van der Waals surface area contributed by atoms with Crippen molar-refractivity contribution in [2.24, 2.45) is 0 Å². The topological polar surface area (TPSA) is 82.8 Å². The van der Waals surface area contributed by atoms with Crippen molar-refractivity contribution < 1.29 is 19.5 Å². The van der Waals surface area contributed by atoms with Gasteiger partial charge in [-0.25, -0.2) is 4.79 Å². The van der Waals surface area contributed by atoms with Gasteiger partial charge >= 0.3 is 5.97 Å². The van der Waals surface area contributed by atoms with Crippen LogP contribution < -0.4 is 10.3 Å². The number of benzene rings is 1. The van der Waals surface area contributed by atoms with Crippen LogP contribution in [-0.4, -0.2) is 40.2 Å². The van der Waals surface area contributed by atoms with Gasteiger partial charge in [0.1, 0.15) is 5.56 Å². The fraction of sp³-hybridized carbons (Fsp3) is 0.231. The number of aromatic carboxylic acids is 1. The molecule has 1 aliphatic heterocycles. The fourth-order valence-corrected chi connectivity index (χ4v) is 2.29. The SMILES string of the molecule is O=C(O)c1cn(F)c2cc(N3CC(O)C3)ccc2c1=O. The number of carboxylic acid groups (broad SMARTS) is 1. The molecule has 0 amide bonds. The molecule has 0 radical (unpaired) electrons. The second-order valence-electron chi connectivity index (χ2n) is 4.75. The Morgan fingerprint density at radius 3 is 2.65 bits per heavy atom. The van der Waals surface area contributed by atoms with Crippen molar-refractivity contribution in [3.63, 3.8) is 0 Å². The van der Waals surface area contributed by atoms with Crippen molar-refractivity contribution in [3.8, 4) is 0 Å². The summed E-state index contributed by atoms with van der Waals surface area (Å²) in [6.45, 7) is 0.907. The Bertz CT molecular complexity index is 765. The minimum atomic E-state index is -1.46. The van der Waals surface area contributed by atoms with E-state index in [-0.39, 0.29) is 15.7 Å². The highest BCUT2D eigenvalue weighted by Gasteiger charge is 2.25. The maximum Gasteiger partial charge on any atom is 0.341 e. The summed E-state index contributed by atoms with van der Waals surface area (Å²) in [7, 11) is 0. The first kappa shape index (κ1) is 12.6. The maximum atomic E-state index is 13.9. The number of β-amino-alcohol motifs (C(OH)–C–C–N with tert-alkyl or cyclic N) is 1. The number of anilines is 1. The number of aliphatic hydroxyl groups excluding tert-OH is 1. The third-order valence-corrected chi connectivity index (χ3v) is 3.40. The van der Waals surface area contributed by atoms with E-state index >= 15 is 0 Å². The van der Waals surface area contributed by atoms with Gasteiger partial charge in [0.05, 0.1) is 17.8 Å². The third kappa shape index (κ3) is 1.83. The summed E-state index contributed by atoms with van der Waals surface area (Å²) in [6, 6.07) is 4.48. The fourth-order valence-electron chi connectivity index (χ4n) is 2.29. The van der Waals surface area contributed by atoms with Crippen LogP contribution in [0.5, 0.6) is 0 Å². The normalized spacial score (nSPS) is 15.4. The van der Waals surface area contributed by atoms with Gasteiger partial charge in [-0.15, -0.1) is 0 Å². The Morgan fingerprint density at radius 2 is 2.05 bits per heavy atom. The van der Waals surface area contributed by atoms with E-state index in [1.54, 1.807) is 6.07 Å². The second kappa shape index (κ2) is 4.31. The summed E-state index contributed by atoms with van der Waals surface area (Å²) in [5.74, 6) is -1.46. The summed E-state index contributed by atoms with van der Waals surface area (Å²) in [6.07, 6.45) is 0.273. The molecule has 0 aliphatic carbocycles. The van der Waals surface area contributed by atoms with E-state index in [9.17, 15) is 19.2 Å². The molecule has 104 valence electrons. The highest BCUT2D eigenvalue weighted by atomic mass is 19.2. The summed E-state index contributed by atoms with van der Waals surface area (Å²) in [5.41, 5.74) is -0.626. The number of fused-ring (bicyclic) bond motifs is 1. The molecule has 7 heteroatoms. The minimum Gasteiger partial charge on any atom is -0.477 e. The Labute approximate surface area is 112 Å². The lowest BCUT2D eigenvalue weighted by Gasteiger charge is -2.37. The van der Waals surface area contributed by atoms with Crippen molar-refractivity contribution in [1.82, 2.24) is 4.79 Å². The van der Waals surface area contributed by atoms with Crippen molar-refractivity contribution in [2.45, 2.75) is 6.10 Å². The Morgan fingerprint density at radius 1 is 1.35 bits per heavy atom. The van der Waals surface area contributed by atoms with Crippen LogP contribution in [0, 0.1) is 0 Å². The Balaban J connectivity index is 2.16. The zero-order chi connectivity index (χ0) is 14.4. The van der Waals surface area contributed by atoms with Gasteiger partial charge in [-0.05, 0) is 18.2 Å². The molecule has 6 nitrogen and oxygen atoms in total. The number of hydrogen-bond donors (Lipinski definition) is 2. The molecule has 20 heavy (non-hydrogen) atoms. The quantitative estimate of drug-likeness (QED) is 0.841. The van der Waals surface area contributed by atoms with Crippen LogP contribution in [0.1, 0.15) is 10.4 Å². The summed E-state index contributed by atoms with van der Waals surface area (Å²) < 4.78 is 13.9. The number of carbonyl (C=O) groups is 1. The predicted octanol–water partition coefficient (Wildman–Crippen LogP) is 0.613. The highest BCUT2D eigenvalue weighted by molar-refractivity contribution is 5.93. The van der Waals surface area contributed by atoms with Gasteiger partial charge in [0, 0.05) is 24.2 Å². The van der Waals surface area contributed by atoms with Gasteiger partial charge in [-0.1, -0.05) is 4.48 Å². The lowest BCUT2D eigenvalue weighted by Crippen LogP contribution is -2.50. The van der Waals surface area contributed by atoms with Crippen LogP contribution in [0.2, 0.25) is 0 Å². The van der Waals surface area contributed by atoms with Crippen molar-refractivity contribution in [1.29, 1.82) is 0 Å². The first-order valence-corrected chi connectivity index (χ1v) is 5.99. The van der Waals surface area contributed by atoms with Gasteiger partial charge in [0.25, 0.3) is 0 Å². The molecule has 2 N–H and O–H groups in total. The molecule has 1 saturated heterocycles. The number of nitrogens with zero attached hydrogens (tertiary/aromatic N) is 2. The first-order valence-electron chi connectivity index (χ1n) is 5.99. The molecule has 0 spiro atoms. The number of aliphatic hydroxyl groups is 1. The van der Waals surface area contributed by atoms with E-state index in [0.29, 0.717) is 25.0 Å². The van der Waals surface area contributed by atoms with E-state index in [4.69, 9.17) is 5.11 Å². The van der Waals surface area contributed by atoms with Crippen LogP contribution in [0.15, 0.2) is 29.2 Å². The van der Waals surface area contributed by atoms with Gasteiger partial charge < -0.3 is 15.1 Å². The molecule has 0 atom stereocenters. The summed E-state index contributed by atoms with van der Waals surface area (Å²) in [5, 5.41) is 18.1. The maximum absolute atomic E-state index is 13.9. The number of pyridine rings is 1. The van der Waals surface area contributed by atoms with Gasteiger partial charge in [-0.2, -0.15) is 4.79 Å². The van der Waals surface area contributed by atoms with E-state index < -0.39 is 23.1 Å².